The molecule has 0 aliphatic rings. The van der Waals surface area contributed by atoms with Crippen molar-refractivity contribution >= 4 is 40.2 Å². The van der Waals surface area contributed by atoms with Crippen LogP contribution in [-0.2, 0) is 5.41 Å². The molecule has 5 rings (SSSR count). The zero-order valence-corrected chi connectivity index (χ0v) is 25.1. The lowest BCUT2D eigenvalue weighted by atomic mass is 9.92. The molecule has 0 bridgehead atoms. The van der Waals surface area contributed by atoms with Gasteiger partial charge in [-0.25, -0.2) is 24.3 Å². The summed E-state index contributed by atoms with van der Waals surface area (Å²) in [5.74, 6) is 2.40. The Labute approximate surface area is 248 Å². The third-order valence-corrected chi connectivity index (χ3v) is 7.63. The Morgan fingerprint density at radius 1 is 0.905 bits per heavy atom. The fraction of sp³-hybridized carbons (Fsp3) is 0.226. The summed E-state index contributed by atoms with van der Waals surface area (Å²) in [4.78, 5) is 24.3. The first-order valence-corrected chi connectivity index (χ1v) is 13.9. The second kappa shape index (κ2) is 11.6. The minimum Gasteiger partial charge on any atom is -0.497 e. The summed E-state index contributed by atoms with van der Waals surface area (Å²) in [5.41, 5.74) is 8.62. The van der Waals surface area contributed by atoms with Gasteiger partial charge in [0.25, 0.3) is 0 Å². The van der Waals surface area contributed by atoms with Crippen LogP contribution in [-0.4, -0.2) is 47.1 Å². The molecule has 42 heavy (non-hydrogen) atoms. The lowest BCUT2D eigenvalue weighted by molar-refractivity contribution is 0.256. The van der Waals surface area contributed by atoms with E-state index in [0.29, 0.717) is 28.8 Å². The number of nitrogens with zero attached hydrogens (tertiary/aromatic N) is 5. The first kappa shape index (κ1) is 28.7. The molecule has 0 fully saturated rings. The molecule has 0 aliphatic heterocycles. The largest absolute Gasteiger partial charge is 0.497 e. The highest BCUT2D eigenvalue weighted by atomic mass is 32.2. The Bertz CT molecular complexity index is 1750. The molecule has 10 nitrogen and oxygen atoms in total. The number of hydrogen-bond acceptors (Lipinski definition) is 8. The van der Waals surface area contributed by atoms with Crippen molar-refractivity contribution in [3.63, 3.8) is 0 Å². The third kappa shape index (κ3) is 5.68. The second-order valence-corrected chi connectivity index (χ2v) is 11.5. The van der Waals surface area contributed by atoms with E-state index in [1.54, 1.807) is 26.0 Å². The summed E-state index contributed by atoms with van der Waals surface area (Å²) in [6, 6.07) is 19.9. The van der Waals surface area contributed by atoms with Crippen LogP contribution < -0.4 is 24.8 Å². The monoisotopic (exact) mass is 584 g/mol. The molecule has 0 radical (unpaired) electrons. The van der Waals surface area contributed by atoms with Gasteiger partial charge in [-0.05, 0) is 48.5 Å². The van der Waals surface area contributed by atoms with E-state index in [9.17, 15) is 4.79 Å². The number of fused-ring (bicyclic) bond motifs is 1. The highest BCUT2D eigenvalue weighted by Crippen LogP contribution is 2.39. The van der Waals surface area contributed by atoms with Crippen LogP contribution in [0.4, 0.5) is 16.3 Å². The smallest absolute Gasteiger partial charge is 0.325 e. The standard InChI is InChI=1S/C31H32N6O4S/c1-31(2,3)27-17-28(37(35-27)19-10-12-21(39-4)13-11-19)36(30(32)38)20-8-7-9-22(14-20)42-29-23-15-25(40-5)26(41-6)16-24(23)33-18-34-29/h7-18H,1-6H3,(H2,32,38). The molecule has 5 aromatic rings. The van der Waals surface area contributed by atoms with Crippen LogP contribution in [0.1, 0.15) is 26.5 Å². The van der Waals surface area contributed by atoms with Crippen molar-refractivity contribution in [2.45, 2.75) is 36.1 Å². The Morgan fingerprint density at radius 2 is 1.62 bits per heavy atom. The summed E-state index contributed by atoms with van der Waals surface area (Å²) in [7, 11) is 4.79. The molecular weight excluding hydrogens is 552 g/mol. The SMILES string of the molecule is COc1ccc(-n2nc(C(C)(C)C)cc2N(C(N)=O)c2cccc(Sc3ncnc4cc(OC)c(OC)cc34)c2)cc1. The number of carbonyl (C=O) groups is 1. The van der Waals surface area contributed by atoms with Crippen molar-refractivity contribution in [3.8, 4) is 22.9 Å². The molecule has 0 atom stereocenters. The number of anilines is 2. The first-order valence-electron chi connectivity index (χ1n) is 13.1. The van der Waals surface area contributed by atoms with Gasteiger partial charge in [-0.1, -0.05) is 38.6 Å². The van der Waals surface area contributed by atoms with Crippen LogP contribution in [0, 0.1) is 0 Å². The van der Waals surface area contributed by atoms with Gasteiger partial charge in [-0.2, -0.15) is 5.10 Å². The lowest BCUT2D eigenvalue weighted by Crippen LogP contribution is -2.33. The second-order valence-electron chi connectivity index (χ2n) is 10.4. The van der Waals surface area contributed by atoms with Crippen LogP contribution in [0.2, 0.25) is 0 Å². The summed E-state index contributed by atoms with van der Waals surface area (Å²) in [5, 5.41) is 6.41. The highest BCUT2D eigenvalue weighted by Gasteiger charge is 2.27. The van der Waals surface area contributed by atoms with Crippen molar-refractivity contribution in [1.82, 2.24) is 19.7 Å². The molecule has 0 aliphatic carbocycles. The molecule has 2 amide bonds. The Kier molecular flexibility index (Phi) is 7.95. The van der Waals surface area contributed by atoms with Gasteiger partial charge >= 0.3 is 6.03 Å². The number of methoxy groups -OCH3 is 3. The predicted molar refractivity (Wildman–Crippen MR) is 164 cm³/mol. The van der Waals surface area contributed by atoms with Crippen LogP contribution in [0.3, 0.4) is 0 Å². The molecule has 2 aromatic heterocycles. The first-order chi connectivity index (χ1) is 20.1. The van der Waals surface area contributed by atoms with Gasteiger partial charge < -0.3 is 19.9 Å². The molecule has 11 heteroatoms. The van der Waals surface area contributed by atoms with Crippen LogP contribution >= 0.6 is 11.8 Å². The van der Waals surface area contributed by atoms with Gasteiger partial charge in [-0.15, -0.1) is 0 Å². The molecule has 2 heterocycles. The molecule has 0 spiro atoms. The minimum absolute atomic E-state index is 0.273. The average molecular weight is 585 g/mol. The van der Waals surface area contributed by atoms with Crippen molar-refractivity contribution in [2.75, 3.05) is 26.2 Å². The Morgan fingerprint density at radius 3 is 2.26 bits per heavy atom. The number of urea groups is 1. The van der Waals surface area contributed by atoms with E-state index in [0.717, 1.165) is 32.2 Å². The van der Waals surface area contributed by atoms with Gasteiger partial charge in [0.15, 0.2) is 11.5 Å². The minimum atomic E-state index is -0.642. The third-order valence-electron chi connectivity index (χ3n) is 6.62. The van der Waals surface area contributed by atoms with Crippen molar-refractivity contribution in [3.05, 3.63) is 78.8 Å². The van der Waals surface area contributed by atoms with Crippen molar-refractivity contribution in [2.24, 2.45) is 5.73 Å². The Hall–Kier alpha value is -4.77. The number of benzene rings is 3. The maximum Gasteiger partial charge on any atom is 0.325 e. The molecule has 0 saturated carbocycles. The van der Waals surface area contributed by atoms with Crippen LogP contribution in [0.15, 0.2) is 83.0 Å². The number of nitrogens with two attached hydrogens (primary N) is 1. The number of carbonyl (C=O) groups excluding carboxylic acids is 1. The van der Waals surface area contributed by atoms with Gasteiger partial charge in [0, 0.05) is 27.8 Å². The molecule has 0 saturated heterocycles. The highest BCUT2D eigenvalue weighted by molar-refractivity contribution is 7.99. The number of primary amides is 1. The maximum atomic E-state index is 13.1. The summed E-state index contributed by atoms with van der Waals surface area (Å²) in [6.07, 6.45) is 1.51. The fourth-order valence-electron chi connectivity index (χ4n) is 4.42. The molecular formula is C31H32N6O4S. The molecule has 3 aromatic carbocycles. The zero-order chi connectivity index (χ0) is 30.0. The predicted octanol–water partition coefficient (Wildman–Crippen LogP) is 6.51. The molecule has 216 valence electrons. The number of aromatic nitrogens is 4. The maximum absolute atomic E-state index is 13.1. The van der Waals surface area contributed by atoms with Gasteiger partial charge in [0.1, 0.15) is 22.9 Å². The molecule has 2 N–H and O–H groups in total. The van der Waals surface area contributed by atoms with Gasteiger partial charge in [0.05, 0.1) is 43.9 Å². The lowest BCUT2D eigenvalue weighted by Gasteiger charge is -2.22. The van der Waals surface area contributed by atoms with E-state index in [4.69, 9.17) is 25.0 Å². The van der Waals surface area contributed by atoms with Crippen molar-refractivity contribution < 1.29 is 19.0 Å². The number of hydrogen-bond donors (Lipinski definition) is 1. The van der Waals surface area contributed by atoms with E-state index in [2.05, 4.69) is 30.7 Å². The number of amides is 2. The van der Waals surface area contributed by atoms with E-state index in [1.165, 1.54) is 23.0 Å². The zero-order valence-electron chi connectivity index (χ0n) is 24.3. The van der Waals surface area contributed by atoms with Crippen molar-refractivity contribution in [1.29, 1.82) is 0 Å². The summed E-state index contributed by atoms with van der Waals surface area (Å²) in [6.45, 7) is 6.21. The number of rotatable bonds is 8. The fourth-order valence-corrected chi connectivity index (χ4v) is 5.34. The van der Waals surface area contributed by atoms with E-state index in [1.807, 2.05) is 66.7 Å². The van der Waals surface area contributed by atoms with E-state index in [-0.39, 0.29) is 5.41 Å². The summed E-state index contributed by atoms with van der Waals surface area (Å²) >= 11 is 1.44. The Balaban J connectivity index is 1.58. The van der Waals surface area contributed by atoms with E-state index >= 15 is 0 Å². The normalized spacial score (nSPS) is 11.4. The van der Waals surface area contributed by atoms with Crippen LogP contribution in [0.5, 0.6) is 17.2 Å². The quantitative estimate of drug-likeness (QED) is 0.205. The number of ether oxygens (including phenoxy) is 3. The molecule has 0 unspecified atom stereocenters. The van der Waals surface area contributed by atoms with Gasteiger partial charge in [0.2, 0.25) is 0 Å². The van der Waals surface area contributed by atoms with Crippen LogP contribution in [0.25, 0.3) is 16.6 Å². The summed E-state index contributed by atoms with van der Waals surface area (Å²) < 4.78 is 18.0. The topological polar surface area (TPSA) is 118 Å². The van der Waals surface area contributed by atoms with E-state index < -0.39 is 6.03 Å². The average Bonchev–Trinajstić information content (AvgIpc) is 3.42. The van der Waals surface area contributed by atoms with Gasteiger partial charge in [-0.3, -0.25) is 0 Å².